The second-order valence-electron chi connectivity index (χ2n) is 9.23. The minimum atomic E-state index is -0.157. The third kappa shape index (κ3) is 4.64. The molecule has 0 aliphatic carbocycles. The zero-order valence-electron chi connectivity index (χ0n) is 21.2. The molecule has 9 nitrogen and oxygen atoms in total. The Morgan fingerprint density at radius 3 is 2.47 bits per heavy atom. The molecule has 0 saturated carbocycles. The summed E-state index contributed by atoms with van der Waals surface area (Å²) >= 11 is 0. The van der Waals surface area contributed by atoms with Gasteiger partial charge in [0.1, 0.15) is 17.3 Å². The first kappa shape index (κ1) is 23.9. The lowest BCUT2D eigenvalue weighted by atomic mass is 10.0. The van der Waals surface area contributed by atoms with E-state index >= 15 is 0 Å². The Kier molecular flexibility index (Phi) is 6.35. The van der Waals surface area contributed by atoms with Crippen LogP contribution in [-0.4, -0.2) is 64.2 Å². The second-order valence-corrected chi connectivity index (χ2v) is 9.23. The molecule has 1 aliphatic heterocycles. The third-order valence-corrected chi connectivity index (χ3v) is 6.81. The van der Waals surface area contributed by atoms with E-state index in [0.29, 0.717) is 66.3 Å². The number of amides is 1. The number of carbonyl (C=O) groups excluding carboxylic acids is 1. The standard InChI is InChI=1S/C29H27N5O4/c1-19-31-32-28(37-19)26(20-7-4-3-5-8-20)33-13-15-34(16-14-33)29(35)22-10-6-9-21(17-22)27-30-24-18-23(36-2)11-12-25(24)38-27/h3-12,17-18,26H,13-16H2,1-2H3. The SMILES string of the molecule is COc1ccc2oc(-c3cccc(C(=O)N4CCN(C(c5ccccc5)c5nnc(C)o5)CC4)c3)nc2c1. The third-order valence-electron chi connectivity index (χ3n) is 6.81. The molecule has 3 aromatic carbocycles. The average molecular weight is 510 g/mol. The first-order valence-corrected chi connectivity index (χ1v) is 12.5. The van der Waals surface area contributed by atoms with Gasteiger partial charge in [0.25, 0.3) is 5.91 Å². The lowest BCUT2D eigenvalue weighted by molar-refractivity contribution is 0.0578. The van der Waals surface area contributed by atoms with Gasteiger partial charge in [-0.25, -0.2) is 4.98 Å². The van der Waals surface area contributed by atoms with Crippen LogP contribution in [0.5, 0.6) is 5.75 Å². The van der Waals surface area contributed by atoms with Crippen molar-refractivity contribution in [3.63, 3.8) is 0 Å². The summed E-state index contributed by atoms with van der Waals surface area (Å²) in [6, 6.07) is 22.9. The van der Waals surface area contributed by atoms with E-state index in [1.54, 1.807) is 14.0 Å². The fraction of sp³-hybridized carbons (Fsp3) is 0.241. The summed E-state index contributed by atoms with van der Waals surface area (Å²) in [5, 5.41) is 8.34. The zero-order chi connectivity index (χ0) is 26.1. The Bertz CT molecular complexity index is 1570. The molecule has 38 heavy (non-hydrogen) atoms. The molecule has 6 rings (SSSR count). The molecule has 5 aromatic rings. The Morgan fingerprint density at radius 1 is 0.921 bits per heavy atom. The van der Waals surface area contributed by atoms with Crippen LogP contribution in [0.2, 0.25) is 0 Å². The molecule has 1 unspecified atom stereocenters. The van der Waals surface area contributed by atoms with Crippen LogP contribution in [0, 0.1) is 6.92 Å². The van der Waals surface area contributed by atoms with Crippen LogP contribution in [0.4, 0.5) is 0 Å². The Morgan fingerprint density at radius 2 is 1.74 bits per heavy atom. The van der Waals surface area contributed by atoms with E-state index in [1.807, 2.05) is 65.6 Å². The van der Waals surface area contributed by atoms with Crippen molar-refractivity contribution in [3.8, 4) is 17.2 Å². The van der Waals surface area contributed by atoms with E-state index in [2.05, 4.69) is 32.2 Å². The summed E-state index contributed by atoms with van der Waals surface area (Å²) in [5.41, 5.74) is 3.80. The number of rotatable bonds is 6. The normalized spacial score (nSPS) is 15.1. The number of oxazole rings is 1. The lowest BCUT2D eigenvalue weighted by Crippen LogP contribution is -2.50. The van der Waals surface area contributed by atoms with Gasteiger partial charge in [0, 0.05) is 50.3 Å². The smallest absolute Gasteiger partial charge is 0.253 e. The van der Waals surface area contributed by atoms with Crippen LogP contribution in [-0.2, 0) is 0 Å². The summed E-state index contributed by atoms with van der Waals surface area (Å²) in [4.78, 5) is 22.2. The number of ether oxygens (including phenoxy) is 1. The van der Waals surface area contributed by atoms with Gasteiger partial charge >= 0.3 is 0 Å². The molecule has 192 valence electrons. The van der Waals surface area contributed by atoms with Crippen LogP contribution in [0.1, 0.15) is 33.7 Å². The fourth-order valence-electron chi connectivity index (χ4n) is 4.88. The number of hydrogen-bond donors (Lipinski definition) is 0. The van der Waals surface area contributed by atoms with E-state index in [0.717, 1.165) is 11.1 Å². The van der Waals surface area contributed by atoms with Gasteiger partial charge in [-0.05, 0) is 35.9 Å². The highest BCUT2D eigenvalue weighted by Crippen LogP contribution is 2.30. The number of piperazine rings is 1. The predicted octanol–water partition coefficient (Wildman–Crippen LogP) is 4.74. The number of aromatic nitrogens is 3. The van der Waals surface area contributed by atoms with Gasteiger partial charge in [0.05, 0.1) is 7.11 Å². The minimum absolute atomic E-state index is 0.0193. The Balaban J connectivity index is 1.19. The number of nitrogens with zero attached hydrogens (tertiary/aromatic N) is 5. The summed E-state index contributed by atoms with van der Waals surface area (Å²) in [6.07, 6.45) is 0. The van der Waals surface area contributed by atoms with E-state index < -0.39 is 0 Å². The van der Waals surface area contributed by atoms with Gasteiger partial charge in [0.15, 0.2) is 5.58 Å². The van der Waals surface area contributed by atoms with Gasteiger partial charge in [0.2, 0.25) is 17.7 Å². The van der Waals surface area contributed by atoms with Gasteiger partial charge in [-0.3, -0.25) is 9.69 Å². The van der Waals surface area contributed by atoms with Crippen LogP contribution in [0.3, 0.4) is 0 Å². The Labute approximate surface area is 219 Å². The molecule has 0 spiro atoms. The van der Waals surface area contributed by atoms with Crippen molar-refractivity contribution in [3.05, 3.63) is 95.7 Å². The zero-order valence-corrected chi connectivity index (χ0v) is 21.2. The van der Waals surface area contributed by atoms with Gasteiger partial charge in [-0.15, -0.1) is 10.2 Å². The highest BCUT2D eigenvalue weighted by Gasteiger charge is 2.31. The largest absolute Gasteiger partial charge is 0.497 e. The molecular weight excluding hydrogens is 482 g/mol. The summed E-state index contributed by atoms with van der Waals surface area (Å²) < 4.78 is 17.0. The monoisotopic (exact) mass is 509 g/mol. The number of fused-ring (bicyclic) bond motifs is 1. The van der Waals surface area contributed by atoms with Crippen molar-refractivity contribution in [1.82, 2.24) is 25.0 Å². The minimum Gasteiger partial charge on any atom is -0.497 e. The molecule has 3 heterocycles. The van der Waals surface area contributed by atoms with Gasteiger partial charge in [-0.1, -0.05) is 36.4 Å². The molecular formula is C29H27N5O4. The molecule has 1 fully saturated rings. The molecule has 0 radical (unpaired) electrons. The van der Waals surface area contributed by atoms with Crippen LogP contribution in [0.15, 0.2) is 81.6 Å². The van der Waals surface area contributed by atoms with Crippen molar-refractivity contribution in [2.75, 3.05) is 33.3 Å². The summed E-state index contributed by atoms with van der Waals surface area (Å²) in [5.74, 6) is 2.26. The maximum Gasteiger partial charge on any atom is 0.253 e. The highest BCUT2D eigenvalue weighted by atomic mass is 16.5. The molecule has 0 N–H and O–H groups in total. The van der Waals surface area contributed by atoms with Crippen LogP contribution >= 0.6 is 0 Å². The van der Waals surface area contributed by atoms with E-state index in [-0.39, 0.29) is 11.9 Å². The van der Waals surface area contributed by atoms with Gasteiger partial charge in [-0.2, -0.15) is 0 Å². The fourth-order valence-corrected chi connectivity index (χ4v) is 4.88. The first-order chi connectivity index (χ1) is 18.6. The average Bonchev–Trinajstić information content (AvgIpc) is 3.59. The molecule has 1 amide bonds. The van der Waals surface area contributed by atoms with E-state index in [9.17, 15) is 4.79 Å². The first-order valence-electron chi connectivity index (χ1n) is 12.5. The molecule has 1 atom stereocenters. The molecule has 2 aromatic heterocycles. The molecule has 1 aliphatic rings. The quantitative estimate of drug-likeness (QED) is 0.324. The summed E-state index contributed by atoms with van der Waals surface area (Å²) in [7, 11) is 1.62. The van der Waals surface area contributed by atoms with Crippen molar-refractivity contribution >= 4 is 17.0 Å². The highest BCUT2D eigenvalue weighted by molar-refractivity contribution is 5.95. The van der Waals surface area contributed by atoms with E-state index in [1.165, 1.54) is 0 Å². The summed E-state index contributed by atoms with van der Waals surface area (Å²) in [6.45, 7) is 4.32. The number of benzene rings is 3. The van der Waals surface area contributed by atoms with Crippen molar-refractivity contribution in [1.29, 1.82) is 0 Å². The molecule has 1 saturated heterocycles. The lowest BCUT2D eigenvalue weighted by Gasteiger charge is -2.38. The van der Waals surface area contributed by atoms with Crippen LogP contribution in [0.25, 0.3) is 22.6 Å². The maximum atomic E-state index is 13.5. The van der Waals surface area contributed by atoms with E-state index in [4.69, 9.17) is 13.6 Å². The number of methoxy groups -OCH3 is 1. The Hall–Kier alpha value is -4.50. The van der Waals surface area contributed by atoms with Crippen molar-refractivity contribution in [2.45, 2.75) is 13.0 Å². The number of carbonyl (C=O) groups is 1. The maximum absolute atomic E-state index is 13.5. The molecule has 0 bridgehead atoms. The predicted molar refractivity (Wildman–Crippen MR) is 141 cm³/mol. The van der Waals surface area contributed by atoms with Crippen molar-refractivity contribution in [2.24, 2.45) is 0 Å². The van der Waals surface area contributed by atoms with Crippen LogP contribution < -0.4 is 4.74 Å². The number of hydrogen-bond acceptors (Lipinski definition) is 8. The molecule has 9 heteroatoms. The second kappa shape index (κ2) is 10.1. The topological polar surface area (TPSA) is 97.7 Å². The van der Waals surface area contributed by atoms with Gasteiger partial charge < -0.3 is 18.5 Å². The number of aryl methyl sites for hydroxylation is 1. The van der Waals surface area contributed by atoms with Crippen molar-refractivity contribution < 1.29 is 18.4 Å².